The number of hydrogen-bond donors (Lipinski definition) is 2. The van der Waals surface area contributed by atoms with Crippen LogP contribution in [0.15, 0.2) is 77.7 Å². The Morgan fingerprint density at radius 3 is 2.38 bits per heavy atom. The summed E-state index contributed by atoms with van der Waals surface area (Å²) in [7, 11) is -2.23. The number of amides is 1. The molecule has 0 aromatic heterocycles. The highest BCUT2D eigenvalue weighted by molar-refractivity contribution is 7.92. The van der Waals surface area contributed by atoms with Crippen molar-refractivity contribution in [2.24, 2.45) is 0 Å². The van der Waals surface area contributed by atoms with E-state index in [1.54, 1.807) is 62.6 Å². The summed E-state index contributed by atoms with van der Waals surface area (Å²) in [5.74, 6) is -0.393. The highest BCUT2D eigenvalue weighted by Gasteiger charge is 2.19. The minimum Gasteiger partial charge on any atom is -0.380 e. The second-order valence-corrected chi connectivity index (χ2v) is 8.19. The minimum absolute atomic E-state index is 0.0575. The molecule has 0 aliphatic rings. The molecule has 1 amide bonds. The lowest BCUT2D eigenvalue weighted by Crippen LogP contribution is -2.17. The van der Waals surface area contributed by atoms with Crippen LogP contribution in [0.5, 0.6) is 0 Å². The third-order valence-corrected chi connectivity index (χ3v) is 5.78. The minimum atomic E-state index is -3.83. The van der Waals surface area contributed by atoms with E-state index in [-0.39, 0.29) is 10.5 Å². The molecular weight excluding hydrogens is 388 g/mol. The van der Waals surface area contributed by atoms with Crippen LogP contribution in [-0.4, -0.2) is 21.4 Å². The number of para-hydroxylation sites is 1. The molecule has 0 saturated carbocycles. The number of benzene rings is 3. The molecule has 0 atom stereocenters. The fourth-order valence-electron chi connectivity index (χ4n) is 2.86. The Bertz CT molecular complexity index is 1110. The zero-order valence-corrected chi connectivity index (χ0v) is 17.0. The first-order valence-corrected chi connectivity index (χ1v) is 10.4. The first-order chi connectivity index (χ1) is 13.9. The summed E-state index contributed by atoms with van der Waals surface area (Å²) in [6.07, 6.45) is 0. The molecule has 0 heterocycles. The smallest absolute Gasteiger partial charge is 0.262 e. The Hall–Kier alpha value is -3.16. The van der Waals surface area contributed by atoms with Crippen LogP contribution in [0.2, 0.25) is 0 Å². The Labute approximate surface area is 170 Å². The van der Waals surface area contributed by atoms with Crippen molar-refractivity contribution in [3.8, 4) is 0 Å². The Balaban J connectivity index is 1.84. The number of sulfonamides is 1. The molecule has 0 aliphatic heterocycles. The Kier molecular flexibility index (Phi) is 6.31. The average molecular weight is 410 g/mol. The first kappa shape index (κ1) is 20.6. The molecule has 7 heteroatoms. The van der Waals surface area contributed by atoms with Crippen molar-refractivity contribution in [3.63, 3.8) is 0 Å². The molecule has 3 aromatic carbocycles. The number of aryl methyl sites for hydroxylation is 1. The van der Waals surface area contributed by atoms with E-state index in [1.165, 1.54) is 6.07 Å². The van der Waals surface area contributed by atoms with Gasteiger partial charge in [-0.2, -0.15) is 0 Å². The highest BCUT2D eigenvalue weighted by atomic mass is 32.2. The van der Waals surface area contributed by atoms with Gasteiger partial charge in [-0.05, 0) is 54.4 Å². The number of rotatable bonds is 7. The van der Waals surface area contributed by atoms with Crippen LogP contribution in [0.25, 0.3) is 0 Å². The SMILES string of the molecule is COCc1cccc(NC(=O)c2ccc(C)c(S(=O)(=O)Nc3ccccc3)c2)c1. The van der Waals surface area contributed by atoms with Gasteiger partial charge in [-0.25, -0.2) is 8.42 Å². The summed E-state index contributed by atoms with van der Waals surface area (Å²) in [4.78, 5) is 12.7. The van der Waals surface area contributed by atoms with Gasteiger partial charge in [-0.1, -0.05) is 36.4 Å². The lowest BCUT2D eigenvalue weighted by Gasteiger charge is -2.12. The average Bonchev–Trinajstić information content (AvgIpc) is 2.69. The van der Waals surface area contributed by atoms with E-state index < -0.39 is 15.9 Å². The quantitative estimate of drug-likeness (QED) is 0.612. The summed E-state index contributed by atoms with van der Waals surface area (Å²) in [6, 6.07) is 20.5. The Morgan fingerprint density at radius 1 is 0.931 bits per heavy atom. The van der Waals surface area contributed by atoms with E-state index >= 15 is 0 Å². The van der Waals surface area contributed by atoms with Gasteiger partial charge >= 0.3 is 0 Å². The number of nitrogens with one attached hydrogen (secondary N) is 2. The van der Waals surface area contributed by atoms with E-state index in [4.69, 9.17) is 4.74 Å². The molecule has 0 spiro atoms. The zero-order chi connectivity index (χ0) is 20.9. The van der Waals surface area contributed by atoms with Crippen molar-refractivity contribution in [3.05, 3.63) is 89.5 Å². The number of anilines is 2. The Morgan fingerprint density at radius 2 is 1.66 bits per heavy atom. The van der Waals surface area contributed by atoms with Crippen molar-refractivity contribution >= 4 is 27.3 Å². The standard InChI is InChI=1S/C22H22N2O4S/c1-16-11-12-18(22(25)23-20-10-6-7-17(13-20)15-28-2)14-21(16)29(26,27)24-19-8-4-3-5-9-19/h3-14,24H,15H2,1-2H3,(H,23,25). The normalized spacial score (nSPS) is 11.1. The molecule has 3 aromatic rings. The molecule has 6 nitrogen and oxygen atoms in total. The highest BCUT2D eigenvalue weighted by Crippen LogP contribution is 2.22. The fourth-order valence-corrected chi connectivity index (χ4v) is 4.19. The number of ether oxygens (including phenoxy) is 1. The molecule has 0 unspecified atom stereocenters. The lowest BCUT2D eigenvalue weighted by atomic mass is 10.1. The number of hydrogen-bond acceptors (Lipinski definition) is 4. The molecule has 0 radical (unpaired) electrons. The van der Waals surface area contributed by atoms with Gasteiger partial charge in [0.1, 0.15) is 0 Å². The molecule has 0 saturated heterocycles. The van der Waals surface area contributed by atoms with Crippen LogP contribution in [-0.2, 0) is 21.4 Å². The number of carbonyl (C=O) groups is 1. The van der Waals surface area contributed by atoms with E-state index in [0.717, 1.165) is 5.56 Å². The van der Waals surface area contributed by atoms with Gasteiger partial charge in [0.05, 0.1) is 11.5 Å². The summed E-state index contributed by atoms with van der Waals surface area (Å²) < 4.78 is 33.3. The van der Waals surface area contributed by atoms with E-state index in [2.05, 4.69) is 10.0 Å². The maximum absolute atomic E-state index is 12.8. The van der Waals surface area contributed by atoms with E-state index in [0.29, 0.717) is 23.5 Å². The largest absolute Gasteiger partial charge is 0.380 e. The van der Waals surface area contributed by atoms with Crippen LogP contribution >= 0.6 is 0 Å². The van der Waals surface area contributed by atoms with E-state index in [1.807, 2.05) is 18.2 Å². The molecule has 150 valence electrons. The third kappa shape index (κ3) is 5.22. The molecule has 0 fully saturated rings. The van der Waals surface area contributed by atoms with Crippen molar-refractivity contribution in [1.29, 1.82) is 0 Å². The predicted octanol–water partition coefficient (Wildman–Crippen LogP) is 4.19. The second kappa shape index (κ2) is 8.89. The van der Waals surface area contributed by atoms with Crippen LogP contribution < -0.4 is 10.0 Å². The van der Waals surface area contributed by atoms with Crippen molar-refractivity contribution in [1.82, 2.24) is 0 Å². The zero-order valence-electron chi connectivity index (χ0n) is 16.2. The number of methoxy groups -OCH3 is 1. The lowest BCUT2D eigenvalue weighted by molar-refractivity contribution is 0.102. The molecule has 2 N–H and O–H groups in total. The topological polar surface area (TPSA) is 84.5 Å². The van der Waals surface area contributed by atoms with Crippen molar-refractivity contribution in [2.45, 2.75) is 18.4 Å². The number of carbonyl (C=O) groups excluding carboxylic acids is 1. The molecule has 0 aliphatic carbocycles. The maximum atomic E-state index is 12.8. The van der Waals surface area contributed by atoms with Crippen LogP contribution in [0.4, 0.5) is 11.4 Å². The fraction of sp³-hybridized carbons (Fsp3) is 0.136. The van der Waals surface area contributed by atoms with Crippen LogP contribution in [0, 0.1) is 6.92 Å². The van der Waals surface area contributed by atoms with Crippen molar-refractivity contribution in [2.75, 3.05) is 17.1 Å². The van der Waals surface area contributed by atoms with Gasteiger partial charge in [-0.3, -0.25) is 9.52 Å². The van der Waals surface area contributed by atoms with Crippen LogP contribution in [0.1, 0.15) is 21.5 Å². The summed E-state index contributed by atoms with van der Waals surface area (Å²) in [5, 5.41) is 2.80. The van der Waals surface area contributed by atoms with Gasteiger partial charge in [0, 0.05) is 24.0 Å². The van der Waals surface area contributed by atoms with E-state index in [9.17, 15) is 13.2 Å². The summed E-state index contributed by atoms with van der Waals surface area (Å²) >= 11 is 0. The third-order valence-electron chi connectivity index (χ3n) is 4.26. The molecule has 3 rings (SSSR count). The predicted molar refractivity (Wildman–Crippen MR) is 114 cm³/mol. The summed E-state index contributed by atoms with van der Waals surface area (Å²) in [6.45, 7) is 2.12. The summed E-state index contributed by atoms with van der Waals surface area (Å²) in [5.41, 5.74) is 2.78. The molecule has 29 heavy (non-hydrogen) atoms. The van der Waals surface area contributed by atoms with Gasteiger partial charge in [0.15, 0.2) is 0 Å². The first-order valence-electron chi connectivity index (χ1n) is 8.97. The monoisotopic (exact) mass is 410 g/mol. The van der Waals surface area contributed by atoms with Gasteiger partial charge in [0.2, 0.25) is 0 Å². The van der Waals surface area contributed by atoms with Crippen molar-refractivity contribution < 1.29 is 17.9 Å². The second-order valence-electron chi connectivity index (χ2n) is 6.54. The molecule has 0 bridgehead atoms. The molecular formula is C22H22N2O4S. The maximum Gasteiger partial charge on any atom is 0.262 e. The van der Waals surface area contributed by atoms with Gasteiger partial charge in [0.25, 0.3) is 15.9 Å². The van der Waals surface area contributed by atoms with Gasteiger partial charge in [-0.15, -0.1) is 0 Å². The van der Waals surface area contributed by atoms with Gasteiger partial charge < -0.3 is 10.1 Å². The van der Waals surface area contributed by atoms with Crippen LogP contribution in [0.3, 0.4) is 0 Å².